The molecule has 0 aliphatic carbocycles. The molecule has 0 aliphatic heterocycles. The number of aliphatic carboxylic acids is 1. The minimum Gasteiger partial charge on any atom is -0.480 e. The summed E-state index contributed by atoms with van der Waals surface area (Å²) in [5.74, 6) is -1.38. The van der Waals surface area contributed by atoms with Gasteiger partial charge in [-0.25, -0.2) is 14.6 Å². The number of ether oxygens (including phenoxy) is 1. The van der Waals surface area contributed by atoms with Crippen molar-refractivity contribution in [1.82, 2.24) is 10.3 Å². The zero-order chi connectivity index (χ0) is 16.2. The van der Waals surface area contributed by atoms with Crippen molar-refractivity contribution in [3.63, 3.8) is 0 Å². The van der Waals surface area contributed by atoms with E-state index in [-0.39, 0.29) is 5.56 Å². The third-order valence-corrected chi connectivity index (χ3v) is 2.81. The number of pyridine rings is 1. The highest BCUT2D eigenvalue weighted by Gasteiger charge is 2.31. The monoisotopic (exact) mass is 360 g/mol. The highest BCUT2D eigenvalue weighted by atomic mass is 79.9. The predicted octanol–water partition coefficient (Wildman–Crippen LogP) is 1.86. The molecule has 8 heteroatoms. The molecule has 0 saturated carbocycles. The highest BCUT2D eigenvalue weighted by molar-refractivity contribution is 9.10. The molecule has 7 nitrogen and oxygen atoms in total. The fourth-order valence-electron chi connectivity index (χ4n) is 1.46. The van der Waals surface area contributed by atoms with E-state index in [4.69, 9.17) is 9.84 Å². The molecule has 0 radical (unpaired) electrons. The fourth-order valence-corrected chi connectivity index (χ4v) is 1.70. The first-order valence-corrected chi connectivity index (χ1v) is 6.91. The third kappa shape index (κ3) is 5.68. The number of aliphatic hydroxyl groups excluding tert-OH is 1. The molecule has 1 rings (SSSR count). The largest absolute Gasteiger partial charge is 0.480 e. The van der Waals surface area contributed by atoms with Crippen LogP contribution in [-0.2, 0) is 9.53 Å². The van der Waals surface area contributed by atoms with Crippen molar-refractivity contribution in [2.75, 3.05) is 0 Å². The van der Waals surface area contributed by atoms with Crippen LogP contribution in [0.1, 0.15) is 32.4 Å². The lowest BCUT2D eigenvalue weighted by molar-refractivity contribution is -0.142. The molecule has 0 bridgehead atoms. The van der Waals surface area contributed by atoms with E-state index in [0.717, 1.165) is 0 Å². The number of rotatable bonds is 4. The van der Waals surface area contributed by atoms with Crippen LogP contribution in [0.4, 0.5) is 4.79 Å². The van der Waals surface area contributed by atoms with Gasteiger partial charge in [0.1, 0.15) is 16.3 Å². The number of carbonyl (C=O) groups is 2. The van der Waals surface area contributed by atoms with Crippen LogP contribution in [0.5, 0.6) is 0 Å². The van der Waals surface area contributed by atoms with E-state index in [1.807, 2.05) is 0 Å². The Bertz CT molecular complexity index is 512. The molecule has 2 atom stereocenters. The summed E-state index contributed by atoms with van der Waals surface area (Å²) in [6.07, 6.45) is -1.05. The van der Waals surface area contributed by atoms with Gasteiger partial charge in [-0.15, -0.1) is 0 Å². The van der Waals surface area contributed by atoms with Crippen LogP contribution in [0.25, 0.3) is 0 Å². The molecule has 116 valence electrons. The van der Waals surface area contributed by atoms with Crippen LogP contribution >= 0.6 is 15.9 Å². The van der Waals surface area contributed by atoms with Crippen molar-refractivity contribution >= 4 is 28.0 Å². The number of carboxylic acids is 1. The summed E-state index contributed by atoms with van der Waals surface area (Å²) < 4.78 is 5.52. The molecule has 0 saturated heterocycles. The van der Waals surface area contributed by atoms with Crippen LogP contribution in [0.15, 0.2) is 22.9 Å². The smallest absolute Gasteiger partial charge is 0.408 e. The number of aliphatic hydroxyl groups is 1. The normalized spacial score (nSPS) is 14.1. The molecule has 1 aromatic heterocycles. The number of hydrogen-bond acceptors (Lipinski definition) is 5. The lowest BCUT2D eigenvalue weighted by Crippen LogP contribution is -2.46. The van der Waals surface area contributed by atoms with Gasteiger partial charge in [0.15, 0.2) is 6.04 Å². The van der Waals surface area contributed by atoms with E-state index in [1.54, 1.807) is 26.8 Å². The quantitative estimate of drug-likeness (QED) is 0.707. The average Bonchev–Trinajstić information content (AvgIpc) is 2.33. The molecule has 0 fully saturated rings. The Labute approximate surface area is 130 Å². The summed E-state index contributed by atoms with van der Waals surface area (Å²) in [6.45, 7) is 4.95. The fraction of sp³-hybridized carbons (Fsp3) is 0.462. The number of amides is 1. The van der Waals surface area contributed by atoms with Crippen molar-refractivity contribution < 1.29 is 24.5 Å². The highest BCUT2D eigenvalue weighted by Crippen LogP contribution is 2.18. The SMILES string of the molecule is CC(C)(C)OC(=O)NC(C(=O)O)C(O)c1ccc(Br)nc1. The van der Waals surface area contributed by atoms with Crippen LogP contribution < -0.4 is 5.32 Å². The number of aromatic nitrogens is 1. The first-order chi connectivity index (χ1) is 9.60. The van der Waals surface area contributed by atoms with Gasteiger partial charge >= 0.3 is 12.1 Å². The van der Waals surface area contributed by atoms with Crippen LogP contribution in [0, 0.1) is 0 Å². The van der Waals surface area contributed by atoms with Gasteiger partial charge in [-0.1, -0.05) is 6.07 Å². The Balaban J connectivity index is 2.84. The maximum absolute atomic E-state index is 11.6. The average molecular weight is 361 g/mol. The van der Waals surface area contributed by atoms with Crippen molar-refractivity contribution in [2.45, 2.75) is 38.5 Å². The summed E-state index contributed by atoms with van der Waals surface area (Å²) in [5.41, 5.74) is -0.501. The molecular weight excluding hydrogens is 344 g/mol. The second-order valence-electron chi connectivity index (χ2n) is 5.32. The number of nitrogens with zero attached hydrogens (tertiary/aromatic N) is 1. The predicted molar refractivity (Wildman–Crippen MR) is 77.7 cm³/mol. The maximum atomic E-state index is 11.6. The van der Waals surface area contributed by atoms with Gasteiger partial charge in [0.2, 0.25) is 0 Å². The Morgan fingerprint density at radius 1 is 1.38 bits per heavy atom. The number of carboxylic acid groups (broad SMARTS) is 1. The van der Waals surface area contributed by atoms with E-state index >= 15 is 0 Å². The molecular formula is C13H17BrN2O5. The molecule has 1 heterocycles. The molecule has 0 aliphatic rings. The van der Waals surface area contributed by atoms with Gasteiger partial charge in [-0.2, -0.15) is 0 Å². The van der Waals surface area contributed by atoms with Gasteiger partial charge in [-0.3, -0.25) is 0 Å². The Morgan fingerprint density at radius 3 is 2.43 bits per heavy atom. The van der Waals surface area contributed by atoms with Gasteiger partial charge < -0.3 is 20.3 Å². The second-order valence-corrected chi connectivity index (χ2v) is 6.13. The van der Waals surface area contributed by atoms with Gasteiger partial charge in [0, 0.05) is 11.8 Å². The number of halogens is 1. The zero-order valence-electron chi connectivity index (χ0n) is 11.8. The molecule has 0 spiro atoms. The Hall–Kier alpha value is -1.67. The first kappa shape index (κ1) is 17.4. The van der Waals surface area contributed by atoms with Gasteiger partial charge in [-0.05, 0) is 42.8 Å². The molecule has 1 amide bonds. The minimum atomic E-state index is -1.54. The summed E-state index contributed by atoms with van der Waals surface area (Å²) in [7, 11) is 0. The first-order valence-electron chi connectivity index (χ1n) is 6.12. The van der Waals surface area contributed by atoms with Crippen LogP contribution in [0.3, 0.4) is 0 Å². The van der Waals surface area contributed by atoms with Gasteiger partial charge in [0.05, 0.1) is 0 Å². The lowest BCUT2D eigenvalue weighted by Gasteiger charge is -2.24. The lowest BCUT2D eigenvalue weighted by atomic mass is 10.0. The maximum Gasteiger partial charge on any atom is 0.408 e. The summed E-state index contributed by atoms with van der Waals surface area (Å²) in [4.78, 5) is 26.8. The number of alkyl carbamates (subject to hydrolysis) is 1. The molecule has 1 aromatic rings. The summed E-state index contributed by atoms with van der Waals surface area (Å²) in [6, 6.07) is 1.53. The second kappa shape index (κ2) is 6.86. The standard InChI is InChI=1S/C13H17BrN2O5/c1-13(2,3)21-12(20)16-9(11(18)19)10(17)7-4-5-8(14)15-6-7/h4-6,9-10,17H,1-3H3,(H,16,20)(H,18,19). The number of hydrogen-bond donors (Lipinski definition) is 3. The Morgan fingerprint density at radius 2 is 2.00 bits per heavy atom. The van der Waals surface area contributed by atoms with Crippen molar-refractivity contribution in [1.29, 1.82) is 0 Å². The third-order valence-electron chi connectivity index (χ3n) is 2.35. The van der Waals surface area contributed by atoms with Crippen molar-refractivity contribution in [2.24, 2.45) is 0 Å². The van der Waals surface area contributed by atoms with E-state index in [1.165, 1.54) is 12.3 Å². The van der Waals surface area contributed by atoms with Gasteiger partial charge in [0.25, 0.3) is 0 Å². The molecule has 0 aromatic carbocycles. The van der Waals surface area contributed by atoms with E-state index in [9.17, 15) is 14.7 Å². The Kier molecular flexibility index (Phi) is 5.68. The summed E-state index contributed by atoms with van der Waals surface area (Å²) in [5, 5.41) is 21.4. The van der Waals surface area contributed by atoms with Crippen molar-refractivity contribution in [3.8, 4) is 0 Å². The minimum absolute atomic E-state index is 0.265. The number of carbonyl (C=O) groups excluding carboxylic acids is 1. The van der Waals surface area contributed by atoms with Crippen molar-refractivity contribution in [3.05, 3.63) is 28.5 Å². The molecule has 21 heavy (non-hydrogen) atoms. The molecule has 2 unspecified atom stereocenters. The topological polar surface area (TPSA) is 109 Å². The zero-order valence-corrected chi connectivity index (χ0v) is 13.4. The van der Waals surface area contributed by atoms with E-state index in [2.05, 4.69) is 26.2 Å². The summed E-state index contributed by atoms with van der Waals surface area (Å²) >= 11 is 3.14. The molecule has 3 N–H and O–H groups in total. The van der Waals surface area contributed by atoms with E-state index in [0.29, 0.717) is 4.60 Å². The van der Waals surface area contributed by atoms with Crippen LogP contribution in [-0.4, -0.2) is 38.9 Å². The van der Waals surface area contributed by atoms with Crippen LogP contribution in [0.2, 0.25) is 0 Å². The number of nitrogens with one attached hydrogen (secondary N) is 1. The van der Waals surface area contributed by atoms with E-state index < -0.39 is 29.8 Å².